The Hall–Kier alpha value is -2.67. The first-order valence-electron chi connectivity index (χ1n) is 11.3. The highest BCUT2D eigenvalue weighted by Gasteiger charge is 2.34. The highest BCUT2D eigenvalue weighted by molar-refractivity contribution is 7.73. The average Bonchev–Trinajstić information content (AvgIpc) is 2.83. The molecule has 1 unspecified atom stereocenters. The molecule has 0 spiro atoms. The number of hydrogen-bond acceptors (Lipinski definition) is 1. The lowest BCUT2D eigenvalue weighted by molar-refractivity contribution is 0.801. The van der Waals surface area contributed by atoms with Crippen molar-refractivity contribution >= 4 is 32.5 Å². The maximum atomic E-state index is 2.75. The van der Waals surface area contributed by atoms with Gasteiger partial charge in [-0.05, 0) is 42.4 Å². The summed E-state index contributed by atoms with van der Waals surface area (Å²) in [4.78, 5) is 0. The van der Waals surface area contributed by atoms with Crippen LogP contribution in [0.1, 0.15) is 11.6 Å². The summed E-state index contributed by atoms with van der Waals surface area (Å²) in [6, 6.07) is 44.6. The van der Waals surface area contributed by atoms with E-state index in [0.717, 1.165) is 6.16 Å². The van der Waals surface area contributed by atoms with Gasteiger partial charge in [0.15, 0.2) is 0 Å². The highest BCUT2D eigenvalue weighted by Crippen LogP contribution is 2.43. The molecule has 0 fully saturated rings. The molecule has 3 heteroatoms. The fraction of sp³-hybridized carbons (Fsp3) is 0.172. The van der Waals surface area contributed by atoms with E-state index in [-0.39, 0.29) is 0 Å². The summed E-state index contributed by atoms with van der Waals surface area (Å²) < 4.78 is 2.75. The van der Waals surface area contributed by atoms with Gasteiger partial charge in [0.1, 0.15) is 8.24 Å². The smallest absolute Gasteiger partial charge is 0.148 e. The molecule has 0 aliphatic rings. The van der Waals surface area contributed by atoms with Crippen LogP contribution in [0.5, 0.6) is 0 Å². The lowest BCUT2D eigenvalue weighted by Crippen LogP contribution is -2.49. The largest absolute Gasteiger partial charge is 0.391 e. The van der Waals surface area contributed by atoms with Crippen molar-refractivity contribution in [3.05, 3.63) is 127 Å². The van der Waals surface area contributed by atoms with Crippen LogP contribution in [-0.4, -0.2) is 14.4 Å². The molecule has 32 heavy (non-hydrogen) atoms. The summed E-state index contributed by atoms with van der Waals surface area (Å²) in [5.74, 6) is 0. The van der Waals surface area contributed by atoms with Crippen molar-refractivity contribution in [2.75, 3.05) is 10.7 Å². The van der Waals surface area contributed by atoms with E-state index in [1.807, 2.05) is 0 Å². The van der Waals surface area contributed by atoms with Crippen molar-refractivity contribution in [1.82, 2.24) is 0 Å². The Morgan fingerprint density at radius 2 is 1.00 bits per heavy atom. The van der Waals surface area contributed by atoms with E-state index in [2.05, 4.69) is 146 Å². The monoisotopic (exact) mass is 453 g/mol. The predicted molar refractivity (Wildman–Crippen MR) is 145 cm³/mol. The van der Waals surface area contributed by atoms with Gasteiger partial charge in [-0.2, -0.15) is 0 Å². The molecule has 0 bridgehead atoms. The van der Waals surface area contributed by atoms with Gasteiger partial charge in [-0.1, -0.05) is 129 Å². The third-order valence-corrected chi connectivity index (χ3v) is 10.3. The first-order valence-corrected chi connectivity index (χ1v) is 16.3. The minimum Gasteiger partial charge on any atom is -0.391 e. The number of hydrogen-bond donors (Lipinski definition) is 0. The Morgan fingerprint density at radius 1 is 0.594 bits per heavy atom. The third-order valence-electron chi connectivity index (χ3n) is 5.74. The molecular weight excluding hydrogens is 421 g/mol. The number of anilines is 1. The standard InChI is InChI=1S/C29H32NPSi/c1-32(2,3)30(26-18-10-5-11-19-26)29(25-16-8-4-9-17-25)24-31(27-20-12-6-13-21-27)28-22-14-7-15-23-28/h4-23,29H,24H2,1-3H3. The zero-order valence-corrected chi connectivity index (χ0v) is 21.1. The van der Waals surface area contributed by atoms with E-state index in [0.29, 0.717) is 6.04 Å². The SMILES string of the molecule is C[Si](C)(C)N(c1ccccc1)C(CP(c1ccccc1)c1ccccc1)c1ccccc1. The topological polar surface area (TPSA) is 3.24 Å². The minimum absolute atomic E-state index is 0.316. The Labute approximate surface area is 195 Å². The van der Waals surface area contributed by atoms with E-state index in [1.54, 1.807) is 0 Å². The minimum atomic E-state index is -1.70. The van der Waals surface area contributed by atoms with Crippen LogP contribution in [0.15, 0.2) is 121 Å². The lowest BCUT2D eigenvalue weighted by Gasteiger charge is -2.44. The van der Waals surface area contributed by atoms with Crippen LogP contribution in [0.3, 0.4) is 0 Å². The molecule has 4 aromatic rings. The fourth-order valence-electron chi connectivity index (χ4n) is 4.38. The van der Waals surface area contributed by atoms with E-state index in [4.69, 9.17) is 0 Å². The van der Waals surface area contributed by atoms with E-state index in [1.165, 1.54) is 21.9 Å². The molecule has 0 amide bonds. The van der Waals surface area contributed by atoms with Gasteiger partial charge in [-0.15, -0.1) is 0 Å². The Balaban J connectivity index is 1.84. The second kappa shape index (κ2) is 10.3. The zero-order valence-electron chi connectivity index (χ0n) is 19.2. The van der Waals surface area contributed by atoms with Crippen molar-refractivity contribution in [3.8, 4) is 0 Å². The van der Waals surface area contributed by atoms with Crippen LogP contribution in [0.4, 0.5) is 5.69 Å². The lowest BCUT2D eigenvalue weighted by atomic mass is 10.1. The molecule has 1 atom stereocenters. The number of benzene rings is 4. The van der Waals surface area contributed by atoms with Gasteiger partial charge < -0.3 is 4.57 Å². The van der Waals surface area contributed by atoms with Crippen molar-refractivity contribution < 1.29 is 0 Å². The molecule has 0 N–H and O–H groups in total. The van der Waals surface area contributed by atoms with Crippen LogP contribution < -0.4 is 15.2 Å². The average molecular weight is 454 g/mol. The van der Waals surface area contributed by atoms with Gasteiger partial charge in [0, 0.05) is 5.69 Å². The van der Waals surface area contributed by atoms with E-state index in [9.17, 15) is 0 Å². The fourth-order valence-corrected chi connectivity index (χ4v) is 9.14. The summed E-state index contributed by atoms with van der Waals surface area (Å²) in [6.07, 6.45) is 1.09. The molecule has 0 aliphatic heterocycles. The summed E-state index contributed by atoms with van der Waals surface area (Å²) in [7, 11) is -2.20. The number of rotatable bonds is 8. The van der Waals surface area contributed by atoms with Crippen molar-refractivity contribution in [2.45, 2.75) is 25.7 Å². The summed E-state index contributed by atoms with van der Waals surface area (Å²) in [5, 5.41) is 2.89. The molecule has 4 aromatic carbocycles. The normalized spacial score (nSPS) is 12.5. The molecule has 0 aromatic heterocycles. The summed E-state index contributed by atoms with van der Waals surface area (Å²) in [5.41, 5.74) is 2.73. The Morgan fingerprint density at radius 3 is 1.44 bits per heavy atom. The van der Waals surface area contributed by atoms with Gasteiger partial charge in [-0.3, -0.25) is 0 Å². The maximum Gasteiger partial charge on any atom is 0.148 e. The van der Waals surface area contributed by atoms with Crippen LogP contribution in [0.25, 0.3) is 0 Å². The van der Waals surface area contributed by atoms with Gasteiger partial charge in [0.25, 0.3) is 0 Å². The van der Waals surface area contributed by atoms with Crippen LogP contribution in [0.2, 0.25) is 19.6 Å². The number of nitrogens with zero attached hydrogens (tertiary/aromatic N) is 1. The van der Waals surface area contributed by atoms with Gasteiger partial charge in [0.2, 0.25) is 0 Å². The first kappa shape index (κ1) is 22.5. The molecular formula is C29H32NPSi. The quantitative estimate of drug-likeness (QED) is 0.201. The second-order valence-electron chi connectivity index (χ2n) is 9.08. The van der Waals surface area contributed by atoms with Gasteiger partial charge >= 0.3 is 0 Å². The molecule has 4 rings (SSSR count). The van der Waals surface area contributed by atoms with Crippen molar-refractivity contribution in [1.29, 1.82) is 0 Å². The molecule has 0 saturated carbocycles. The number of para-hydroxylation sites is 1. The third kappa shape index (κ3) is 5.38. The maximum absolute atomic E-state index is 2.75. The molecule has 0 heterocycles. The highest BCUT2D eigenvalue weighted by atomic mass is 31.1. The van der Waals surface area contributed by atoms with Crippen LogP contribution in [-0.2, 0) is 0 Å². The van der Waals surface area contributed by atoms with E-state index >= 15 is 0 Å². The van der Waals surface area contributed by atoms with E-state index < -0.39 is 16.2 Å². The van der Waals surface area contributed by atoms with Crippen LogP contribution >= 0.6 is 7.92 Å². The van der Waals surface area contributed by atoms with Crippen LogP contribution in [0, 0.1) is 0 Å². The molecule has 162 valence electrons. The van der Waals surface area contributed by atoms with Crippen molar-refractivity contribution in [2.24, 2.45) is 0 Å². The second-order valence-corrected chi connectivity index (χ2v) is 16.2. The summed E-state index contributed by atoms with van der Waals surface area (Å²) in [6.45, 7) is 7.38. The molecule has 0 saturated heterocycles. The van der Waals surface area contributed by atoms with Gasteiger partial charge in [-0.25, -0.2) is 0 Å². The van der Waals surface area contributed by atoms with Crippen molar-refractivity contribution in [3.63, 3.8) is 0 Å². The molecule has 0 radical (unpaired) electrons. The predicted octanol–water partition coefficient (Wildman–Crippen LogP) is 7.20. The van der Waals surface area contributed by atoms with Gasteiger partial charge in [0.05, 0.1) is 6.04 Å². The Kier molecular flexibility index (Phi) is 7.25. The summed E-state index contributed by atoms with van der Waals surface area (Å²) >= 11 is 0. The molecule has 0 aliphatic carbocycles. The Bertz CT molecular complexity index is 1040. The first-order chi connectivity index (χ1) is 15.5. The zero-order chi connectivity index (χ0) is 22.4. The molecule has 1 nitrogen and oxygen atoms in total.